The fourth-order valence-corrected chi connectivity index (χ4v) is 5.83. The first-order valence-electron chi connectivity index (χ1n) is 7.46. The van der Waals surface area contributed by atoms with E-state index in [0.717, 1.165) is 4.90 Å². The highest BCUT2D eigenvalue weighted by Gasteiger charge is 2.45. The Bertz CT molecular complexity index is 803. The highest BCUT2D eigenvalue weighted by Crippen LogP contribution is 2.66. The molecule has 2 heterocycles. The third-order valence-electron chi connectivity index (χ3n) is 3.50. The minimum atomic E-state index is -5.67. The molecular formula is C9H16BrN2O14P3. The molecule has 0 radical (unpaired) electrons. The monoisotopic (exact) mass is 548 g/mol. The Hall–Kier alpha value is -0.250. The van der Waals surface area contributed by atoms with Crippen LogP contribution in [0.5, 0.6) is 0 Å². The number of urea groups is 1. The number of ether oxygens (including phenoxy) is 1. The minimum absolute atomic E-state index is 0.0787. The Balaban J connectivity index is 1.93. The standard InChI is InChI=1S/C9H16BrN2O14P3/c10-4-2-12(9(15)11-8(4)14)7-1-5(13)6(24-7)3-23-28(19,20)26-29(21,22)25-27(16,17)18/h4-7,13H,1-3H2,(H,19,20)(H,21,22)(H,11,14,15)(H2,16,17,18). The number of amides is 3. The maximum absolute atomic E-state index is 11.9. The molecule has 0 bridgehead atoms. The van der Waals surface area contributed by atoms with Gasteiger partial charge in [-0.1, -0.05) is 15.9 Å². The summed E-state index contributed by atoms with van der Waals surface area (Å²) in [6.45, 7) is -0.946. The quantitative estimate of drug-likeness (QED) is 0.159. The lowest BCUT2D eigenvalue weighted by Gasteiger charge is -2.33. The fraction of sp³-hybridized carbons (Fsp3) is 0.778. The Morgan fingerprint density at radius 2 is 1.76 bits per heavy atom. The molecule has 2 aliphatic heterocycles. The largest absolute Gasteiger partial charge is 0.490 e. The fourth-order valence-electron chi connectivity index (χ4n) is 2.37. The van der Waals surface area contributed by atoms with E-state index >= 15 is 0 Å². The number of nitrogens with one attached hydrogen (secondary N) is 1. The van der Waals surface area contributed by atoms with E-state index < -0.39 is 65.3 Å². The van der Waals surface area contributed by atoms with Crippen molar-refractivity contribution >= 4 is 51.3 Å². The van der Waals surface area contributed by atoms with Crippen molar-refractivity contribution in [1.29, 1.82) is 0 Å². The predicted octanol–water partition coefficient (Wildman–Crippen LogP) is -0.879. The predicted molar refractivity (Wildman–Crippen MR) is 92.1 cm³/mol. The number of aliphatic hydroxyl groups is 1. The summed E-state index contributed by atoms with van der Waals surface area (Å²) in [6.07, 6.45) is -3.76. The summed E-state index contributed by atoms with van der Waals surface area (Å²) in [4.78, 5) is 59.0. The number of halogens is 1. The first-order chi connectivity index (χ1) is 13.1. The van der Waals surface area contributed by atoms with E-state index in [4.69, 9.17) is 19.4 Å². The summed E-state index contributed by atoms with van der Waals surface area (Å²) >= 11 is 3.05. The summed E-state index contributed by atoms with van der Waals surface area (Å²) < 4.78 is 50.3. The number of hydrogen-bond donors (Lipinski definition) is 6. The molecule has 0 saturated carbocycles. The Labute approximate surface area is 170 Å². The van der Waals surface area contributed by atoms with E-state index in [9.17, 15) is 33.3 Å². The smallest absolute Gasteiger partial charge is 0.390 e. The lowest BCUT2D eigenvalue weighted by Crippen LogP contribution is -2.58. The van der Waals surface area contributed by atoms with E-state index in [1.807, 2.05) is 0 Å². The summed E-state index contributed by atoms with van der Waals surface area (Å²) in [7, 11) is -16.6. The van der Waals surface area contributed by atoms with Crippen molar-refractivity contribution in [1.82, 2.24) is 10.2 Å². The van der Waals surface area contributed by atoms with E-state index in [1.54, 1.807) is 0 Å². The van der Waals surface area contributed by atoms with Crippen LogP contribution in [-0.2, 0) is 36.4 Å². The number of hydrogen-bond acceptors (Lipinski definition) is 10. The van der Waals surface area contributed by atoms with Gasteiger partial charge in [0, 0.05) is 13.0 Å². The topological polar surface area (TPSA) is 239 Å². The molecule has 29 heavy (non-hydrogen) atoms. The van der Waals surface area contributed by atoms with E-state index in [0.29, 0.717) is 0 Å². The maximum atomic E-state index is 11.9. The minimum Gasteiger partial charge on any atom is -0.390 e. The zero-order valence-corrected chi connectivity index (χ0v) is 18.3. The van der Waals surface area contributed by atoms with Crippen LogP contribution in [0.25, 0.3) is 0 Å². The van der Waals surface area contributed by atoms with Crippen LogP contribution in [0, 0.1) is 0 Å². The molecule has 6 N–H and O–H groups in total. The third kappa shape index (κ3) is 7.43. The van der Waals surface area contributed by atoms with Gasteiger partial charge in [0.1, 0.15) is 17.2 Å². The number of phosphoric acid groups is 3. The van der Waals surface area contributed by atoms with Crippen molar-refractivity contribution in [2.45, 2.75) is 29.7 Å². The highest BCUT2D eigenvalue weighted by molar-refractivity contribution is 9.10. The van der Waals surface area contributed by atoms with Gasteiger partial charge in [0.05, 0.1) is 12.7 Å². The zero-order valence-electron chi connectivity index (χ0n) is 14.0. The molecular weight excluding hydrogens is 533 g/mol. The highest BCUT2D eigenvalue weighted by atomic mass is 79.9. The van der Waals surface area contributed by atoms with Crippen LogP contribution in [0.3, 0.4) is 0 Å². The summed E-state index contributed by atoms with van der Waals surface area (Å²) in [5.74, 6) is -0.561. The van der Waals surface area contributed by atoms with Crippen LogP contribution >= 0.6 is 39.4 Å². The van der Waals surface area contributed by atoms with Crippen molar-refractivity contribution in [2.75, 3.05) is 13.2 Å². The number of phosphoric ester groups is 1. The number of carbonyl (C=O) groups excluding carboxylic acids is 2. The van der Waals surface area contributed by atoms with Crippen molar-refractivity contribution in [3.8, 4) is 0 Å². The number of alkyl halides is 1. The number of rotatable bonds is 8. The van der Waals surface area contributed by atoms with Gasteiger partial charge in [-0.3, -0.25) is 19.5 Å². The van der Waals surface area contributed by atoms with Gasteiger partial charge in [0.15, 0.2) is 0 Å². The molecule has 0 aromatic heterocycles. The molecule has 2 saturated heterocycles. The van der Waals surface area contributed by atoms with Crippen LogP contribution in [0.1, 0.15) is 6.42 Å². The van der Waals surface area contributed by atoms with Crippen LogP contribution in [0.4, 0.5) is 4.79 Å². The van der Waals surface area contributed by atoms with Crippen molar-refractivity contribution < 1.29 is 65.8 Å². The lowest BCUT2D eigenvalue weighted by atomic mass is 10.2. The van der Waals surface area contributed by atoms with Gasteiger partial charge in [0.25, 0.3) is 0 Å². The van der Waals surface area contributed by atoms with Gasteiger partial charge in [-0.05, 0) is 0 Å². The average Bonchev–Trinajstić information content (AvgIpc) is 2.86. The van der Waals surface area contributed by atoms with Gasteiger partial charge in [-0.15, -0.1) is 0 Å². The van der Waals surface area contributed by atoms with Crippen molar-refractivity contribution in [2.24, 2.45) is 0 Å². The molecule has 0 aromatic carbocycles. The van der Waals surface area contributed by atoms with Crippen molar-refractivity contribution in [3.05, 3.63) is 0 Å². The van der Waals surface area contributed by atoms with Gasteiger partial charge >= 0.3 is 29.5 Å². The second-order valence-electron chi connectivity index (χ2n) is 5.73. The van der Waals surface area contributed by atoms with Crippen LogP contribution in [0.2, 0.25) is 0 Å². The molecule has 2 rings (SSSR count). The van der Waals surface area contributed by atoms with Crippen LogP contribution < -0.4 is 5.32 Å². The second-order valence-corrected chi connectivity index (χ2v) is 11.3. The van der Waals surface area contributed by atoms with E-state index in [1.165, 1.54) is 0 Å². The van der Waals surface area contributed by atoms with Gasteiger partial charge in [0.2, 0.25) is 5.91 Å². The SMILES string of the molecule is O=C1NC(=O)N(C2CC(O)C(COP(=O)(O)OP(=O)(O)OP(=O)(O)O)O2)CC1Br. The molecule has 0 aromatic rings. The maximum Gasteiger partial charge on any atom is 0.490 e. The van der Waals surface area contributed by atoms with E-state index in [2.05, 4.69) is 34.4 Å². The summed E-state index contributed by atoms with van der Waals surface area (Å²) in [5, 5.41) is 12.0. The molecule has 2 aliphatic rings. The average molecular weight is 549 g/mol. The van der Waals surface area contributed by atoms with Crippen LogP contribution in [-0.4, -0.2) is 77.9 Å². The third-order valence-corrected chi connectivity index (χ3v) is 8.01. The lowest BCUT2D eigenvalue weighted by molar-refractivity contribution is -0.123. The van der Waals surface area contributed by atoms with Crippen LogP contribution in [0.15, 0.2) is 0 Å². The molecule has 0 aliphatic carbocycles. The molecule has 168 valence electrons. The Morgan fingerprint density at radius 1 is 1.14 bits per heavy atom. The van der Waals surface area contributed by atoms with Gasteiger partial charge < -0.3 is 29.4 Å². The Kier molecular flexibility index (Phi) is 7.84. The summed E-state index contributed by atoms with van der Waals surface area (Å²) in [6, 6.07) is -0.781. The number of aliphatic hydroxyl groups excluding tert-OH is 1. The molecule has 20 heteroatoms. The molecule has 6 atom stereocenters. The molecule has 2 fully saturated rings. The first kappa shape index (κ1) is 25.0. The van der Waals surface area contributed by atoms with Gasteiger partial charge in [-0.2, -0.15) is 8.62 Å². The number of carbonyl (C=O) groups is 2. The number of nitrogens with zero attached hydrogens (tertiary/aromatic N) is 1. The molecule has 6 unspecified atom stereocenters. The molecule has 0 spiro atoms. The summed E-state index contributed by atoms with van der Waals surface area (Å²) in [5.41, 5.74) is 0. The normalized spacial score (nSPS) is 32.6. The number of imide groups is 1. The molecule has 16 nitrogen and oxygen atoms in total. The molecule has 3 amide bonds. The van der Waals surface area contributed by atoms with Gasteiger partial charge in [-0.25, -0.2) is 18.5 Å². The second kappa shape index (κ2) is 9.09. The zero-order chi connectivity index (χ0) is 22.2. The Morgan fingerprint density at radius 3 is 2.34 bits per heavy atom. The van der Waals surface area contributed by atoms with Crippen molar-refractivity contribution in [3.63, 3.8) is 0 Å². The van der Waals surface area contributed by atoms with E-state index in [-0.39, 0.29) is 13.0 Å². The first-order valence-corrected chi connectivity index (χ1v) is 12.9.